The van der Waals surface area contributed by atoms with Crippen molar-refractivity contribution in [1.82, 2.24) is 4.57 Å². The Hall–Kier alpha value is -4.28. The predicted octanol–water partition coefficient (Wildman–Crippen LogP) is 5.76. The Morgan fingerprint density at radius 2 is 1.71 bits per heavy atom. The zero-order chi connectivity index (χ0) is 32.1. The number of fused-ring (bicyclic) bond motifs is 1. The van der Waals surface area contributed by atoms with E-state index in [-0.39, 0.29) is 25.4 Å². The van der Waals surface area contributed by atoms with E-state index < -0.39 is 18.0 Å². The van der Waals surface area contributed by atoms with E-state index in [4.69, 9.17) is 19.2 Å². The van der Waals surface area contributed by atoms with Crippen molar-refractivity contribution < 1.29 is 23.8 Å². The summed E-state index contributed by atoms with van der Waals surface area (Å²) in [6, 6.07) is 22.1. The number of carbonyl (C=O) groups is 2. The van der Waals surface area contributed by atoms with Gasteiger partial charge in [0.25, 0.3) is 5.56 Å². The summed E-state index contributed by atoms with van der Waals surface area (Å²) < 4.78 is 18.7. The van der Waals surface area contributed by atoms with Gasteiger partial charge in [-0.05, 0) is 70.6 Å². The van der Waals surface area contributed by atoms with Crippen LogP contribution < -0.4 is 19.6 Å². The highest BCUT2D eigenvalue weighted by molar-refractivity contribution is 9.10. The molecule has 4 aromatic rings. The van der Waals surface area contributed by atoms with Crippen molar-refractivity contribution >= 4 is 51.0 Å². The fourth-order valence-electron chi connectivity index (χ4n) is 5.03. The van der Waals surface area contributed by atoms with Crippen molar-refractivity contribution in [3.05, 3.63) is 125 Å². The highest BCUT2D eigenvalue weighted by atomic mass is 79.9. The summed E-state index contributed by atoms with van der Waals surface area (Å²) in [5.41, 5.74) is 3.94. The molecule has 1 aliphatic rings. The first kappa shape index (κ1) is 32.1. The molecule has 0 saturated carbocycles. The third-order valence-corrected chi connectivity index (χ3v) is 8.80. The standard InChI is InChI=1S/C35H33BrN2O6S/c1-5-42-29(39)20-44-27-17-12-22(18-26(27)36)19-28-33(40)38-32(25-15-13-23(14-16-25)21(3)4)30(34(41)43-6-2)31(37-35(38)45-28)24-10-8-7-9-11-24/h7-19,21,32H,5-6,20H2,1-4H3/b28-19-/t32-/m0/s1. The SMILES string of the molecule is CCOC(=O)COc1ccc(/C=c2\sc3n(c2=O)[C@@H](c2ccc(C(C)C)cc2)C(C(=O)OCC)=C(c2ccccc2)N=3)cc1Br. The number of aromatic nitrogens is 1. The van der Waals surface area contributed by atoms with Crippen LogP contribution in [0.2, 0.25) is 0 Å². The number of esters is 2. The second kappa shape index (κ2) is 14.2. The van der Waals surface area contributed by atoms with Crippen molar-refractivity contribution in [1.29, 1.82) is 0 Å². The Balaban J connectivity index is 1.66. The maximum absolute atomic E-state index is 14.2. The lowest BCUT2D eigenvalue weighted by Crippen LogP contribution is -2.40. The molecule has 10 heteroatoms. The lowest BCUT2D eigenvalue weighted by Gasteiger charge is -2.26. The highest BCUT2D eigenvalue weighted by Gasteiger charge is 2.35. The molecule has 0 saturated heterocycles. The van der Waals surface area contributed by atoms with Gasteiger partial charge in [-0.1, -0.05) is 85.8 Å². The Kier molecular flexibility index (Phi) is 10.1. The van der Waals surface area contributed by atoms with Gasteiger partial charge >= 0.3 is 11.9 Å². The largest absolute Gasteiger partial charge is 0.481 e. The van der Waals surface area contributed by atoms with Gasteiger partial charge in [-0.25, -0.2) is 14.6 Å². The second-order valence-electron chi connectivity index (χ2n) is 10.5. The minimum absolute atomic E-state index is 0.183. The molecule has 0 fully saturated rings. The smallest absolute Gasteiger partial charge is 0.344 e. The molecule has 232 valence electrons. The molecular weight excluding hydrogens is 656 g/mol. The van der Waals surface area contributed by atoms with E-state index in [9.17, 15) is 14.4 Å². The third kappa shape index (κ3) is 7.02. The minimum Gasteiger partial charge on any atom is -0.481 e. The summed E-state index contributed by atoms with van der Waals surface area (Å²) in [4.78, 5) is 44.9. The molecule has 1 atom stereocenters. The van der Waals surface area contributed by atoms with Gasteiger partial charge in [-0.2, -0.15) is 0 Å². The number of hydrogen-bond donors (Lipinski definition) is 0. The van der Waals surface area contributed by atoms with Crippen LogP contribution in [0, 0.1) is 0 Å². The number of benzene rings is 3. The van der Waals surface area contributed by atoms with Crippen LogP contribution in [0.25, 0.3) is 11.8 Å². The van der Waals surface area contributed by atoms with Gasteiger partial charge in [0.05, 0.1) is 39.5 Å². The van der Waals surface area contributed by atoms with Gasteiger partial charge in [-0.15, -0.1) is 0 Å². The normalized spacial score (nSPS) is 14.6. The van der Waals surface area contributed by atoms with Gasteiger partial charge < -0.3 is 14.2 Å². The molecule has 2 heterocycles. The van der Waals surface area contributed by atoms with Crippen LogP contribution in [-0.4, -0.2) is 36.3 Å². The number of rotatable bonds is 10. The predicted molar refractivity (Wildman–Crippen MR) is 178 cm³/mol. The lowest BCUT2D eigenvalue weighted by atomic mass is 9.91. The topological polar surface area (TPSA) is 96.2 Å². The summed E-state index contributed by atoms with van der Waals surface area (Å²) >= 11 is 4.75. The molecule has 5 rings (SSSR count). The van der Waals surface area contributed by atoms with Gasteiger partial charge in [0.15, 0.2) is 11.4 Å². The second-order valence-corrected chi connectivity index (χ2v) is 12.4. The van der Waals surface area contributed by atoms with Crippen LogP contribution in [0.1, 0.15) is 61.9 Å². The average Bonchev–Trinajstić information content (AvgIpc) is 3.34. The molecule has 0 unspecified atom stereocenters. The molecule has 0 spiro atoms. The van der Waals surface area contributed by atoms with E-state index in [1.807, 2.05) is 54.6 Å². The van der Waals surface area contributed by atoms with E-state index in [2.05, 4.69) is 29.8 Å². The first-order valence-electron chi connectivity index (χ1n) is 14.7. The number of ether oxygens (including phenoxy) is 3. The summed E-state index contributed by atoms with van der Waals surface area (Å²) in [6.07, 6.45) is 1.78. The van der Waals surface area contributed by atoms with Crippen molar-refractivity contribution in [3.8, 4) is 5.75 Å². The number of hydrogen-bond acceptors (Lipinski definition) is 8. The summed E-state index contributed by atoms with van der Waals surface area (Å²) in [7, 11) is 0. The van der Waals surface area contributed by atoms with Gasteiger partial charge in [0.1, 0.15) is 5.75 Å². The van der Waals surface area contributed by atoms with Gasteiger partial charge in [0.2, 0.25) is 0 Å². The molecule has 0 bridgehead atoms. The van der Waals surface area contributed by atoms with Crippen molar-refractivity contribution in [2.24, 2.45) is 4.99 Å². The first-order chi connectivity index (χ1) is 21.7. The van der Waals surface area contributed by atoms with Crippen LogP contribution >= 0.6 is 27.3 Å². The zero-order valence-corrected chi connectivity index (χ0v) is 27.8. The van der Waals surface area contributed by atoms with E-state index in [1.54, 1.807) is 42.7 Å². The van der Waals surface area contributed by atoms with Crippen molar-refractivity contribution in [2.45, 2.75) is 39.7 Å². The Morgan fingerprint density at radius 3 is 2.36 bits per heavy atom. The van der Waals surface area contributed by atoms with Crippen LogP contribution in [-0.2, 0) is 19.1 Å². The van der Waals surface area contributed by atoms with E-state index >= 15 is 0 Å². The third-order valence-electron chi connectivity index (χ3n) is 7.20. The maximum Gasteiger partial charge on any atom is 0.344 e. The number of carbonyl (C=O) groups excluding carboxylic acids is 2. The number of halogens is 1. The minimum atomic E-state index is -0.746. The molecule has 0 N–H and O–H groups in total. The fourth-order valence-corrected chi connectivity index (χ4v) is 6.55. The fraction of sp³-hybridized carbons (Fsp3) is 0.257. The molecule has 0 radical (unpaired) electrons. The maximum atomic E-state index is 14.2. The van der Waals surface area contributed by atoms with Crippen molar-refractivity contribution in [3.63, 3.8) is 0 Å². The molecule has 1 aliphatic heterocycles. The number of nitrogens with zero attached hydrogens (tertiary/aromatic N) is 2. The molecular formula is C35H33BrN2O6S. The molecule has 45 heavy (non-hydrogen) atoms. The molecule has 1 aromatic heterocycles. The van der Waals surface area contributed by atoms with Crippen molar-refractivity contribution in [2.75, 3.05) is 19.8 Å². The molecule has 3 aromatic carbocycles. The van der Waals surface area contributed by atoms with Crippen LogP contribution in [0.15, 0.2) is 92.6 Å². The van der Waals surface area contributed by atoms with E-state index in [0.29, 0.717) is 36.7 Å². The molecule has 0 amide bonds. The summed E-state index contributed by atoms with van der Waals surface area (Å²) in [5, 5.41) is 0. The quantitative estimate of drug-likeness (QED) is 0.197. The first-order valence-corrected chi connectivity index (χ1v) is 16.3. The lowest BCUT2D eigenvalue weighted by molar-refractivity contribution is -0.145. The average molecular weight is 690 g/mol. The van der Waals surface area contributed by atoms with Gasteiger partial charge in [0, 0.05) is 5.56 Å². The van der Waals surface area contributed by atoms with E-state index in [0.717, 1.165) is 22.3 Å². The zero-order valence-electron chi connectivity index (χ0n) is 25.4. The van der Waals surface area contributed by atoms with Crippen LogP contribution in [0.4, 0.5) is 0 Å². The Bertz CT molecular complexity index is 1930. The summed E-state index contributed by atoms with van der Waals surface area (Å²) in [6.45, 7) is 7.97. The highest BCUT2D eigenvalue weighted by Crippen LogP contribution is 2.35. The van der Waals surface area contributed by atoms with Crippen LogP contribution in [0.5, 0.6) is 5.75 Å². The Labute approximate surface area is 273 Å². The number of thiazole rings is 1. The van der Waals surface area contributed by atoms with E-state index in [1.165, 1.54) is 11.3 Å². The summed E-state index contributed by atoms with van der Waals surface area (Å²) in [5.74, 6) is -0.185. The van der Waals surface area contributed by atoms with Gasteiger partial charge in [-0.3, -0.25) is 9.36 Å². The monoisotopic (exact) mass is 688 g/mol. The Morgan fingerprint density at radius 1 is 1.00 bits per heavy atom. The van der Waals surface area contributed by atoms with Crippen LogP contribution in [0.3, 0.4) is 0 Å². The molecule has 8 nitrogen and oxygen atoms in total. The molecule has 0 aliphatic carbocycles.